The summed E-state index contributed by atoms with van der Waals surface area (Å²) < 4.78 is 0. The molecule has 0 rings (SSSR count). The summed E-state index contributed by atoms with van der Waals surface area (Å²) in [5.74, 6) is 4.11. The Labute approximate surface area is 135 Å². The molecule has 126 valence electrons. The van der Waals surface area contributed by atoms with Crippen molar-refractivity contribution in [1.29, 1.82) is 0 Å². The van der Waals surface area contributed by atoms with Gasteiger partial charge in [0.1, 0.15) is 0 Å². The van der Waals surface area contributed by atoms with Gasteiger partial charge in [-0.15, -0.1) is 0 Å². The number of hydrogen-bond acceptors (Lipinski definition) is 0. The highest BCUT2D eigenvalue weighted by Crippen LogP contribution is 2.56. The largest absolute Gasteiger partial charge is 0.0764 e. The maximum atomic E-state index is 2.45. The maximum absolute atomic E-state index is 2.45. The number of allylic oxidation sites excluding steroid dienone is 2. The van der Waals surface area contributed by atoms with E-state index in [1.165, 1.54) is 0 Å². The van der Waals surface area contributed by atoms with Crippen molar-refractivity contribution in [2.75, 3.05) is 0 Å². The summed E-state index contributed by atoms with van der Waals surface area (Å²) in [5, 5.41) is 0. The van der Waals surface area contributed by atoms with Crippen molar-refractivity contribution in [3.05, 3.63) is 11.1 Å². The highest BCUT2D eigenvalue weighted by molar-refractivity contribution is 5.26. The fraction of sp³-hybridized carbons (Fsp3) is 0.905. The minimum atomic E-state index is 0.301. The van der Waals surface area contributed by atoms with Crippen LogP contribution in [-0.2, 0) is 0 Å². The lowest BCUT2D eigenvalue weighted by atomic mass is 9.50. The molecule has 0 aliphatic rings. The first-order valence-electron chi connectivity index (χ1n) is 9.09. The van der Waals surface area contributed by atoms with Crippen molar-refractivity contribution in [2.45, 2.75) is 83.1 Å². The van der Waals surface area contributed by atoms with E-state index < -0.39 is 0 Å². The fourth-order valence-corrected chi connectivity index (χ4v) is 5.62. The first-order chi connectivity index (χ1) is 9.42. The van der Waals surface area contributed by atoms with Crippen molar-refractivity contribution in [1.82, 2.24) is 0 Å². The molecule has 0 aromatic heterocycles. The van der Waals surface area contributed by atoms with Gasteiger partial charge in [-0.25, -0.2) is 0 Å². The lowest BCUT2D eigenvalue weighted by Crippen LogP contribution is -2.48. The second kappa shape index (κ2) is 7.84. The molecular weight excluding hydrogens is 252 g/mol. The Hall–Kier alpha value is -0.260. The van der Waals surface area contributed by atoms with E-state index in [1.807, 2.05) is 0 Å². The Morgan fingerprint density at radius 2 is 0.952 bits per heavy atom. The van der Waals surface area contributed by atoms with Gasteiger partial charge in [-0.2, -0.15) is 0 Å². The third-order valence-corrected chi connectivity index (χ3v) is 5.48. The highest BCUT2D eigenvalue weighted by Gasteiger charge is 2.49. The molecule has 0 atom stereocenters. The SMILES string of the molecule is CC(C)=C(C(C)C)C(C(C)C)(C(C)C)C(C(C)C)C(C)C. The zero-order valence-electron chi connectivity index (χ0n) is 17.0. The summed E-state index contributed by atoms with van der Waals surface area (Å²) in [5.41, 5.74) is 3.56. The number of hydrogen-bond donors (Lipinski definition) is 0. The lowest BCUT2D eigenvalue weighted by Gasteiger charge is -2.54. The quantitative estimate of drug-likeness (QED) is 0.435. The van der Waals surface area contributed by atoms with Crippen molar-refractivity contribution in [3.8, 4) is 0 Å². The molecule has 0 bridgehead atoms. The van der Waals surface area contributed by atoms with E-state index in [-0.39, 0.29) is 0 Å². The van der Waals surface area contributed by atoms with Crippen LogP contribution in [-0.4, -0.2) is 0 Å². The van der Waals surface area contributed by atoms with E-state index in [1.54, 1.807) is 11.1 Å². The molecule has 0 saturated heterocycles. The van der Waals surface area contributed by atoms with Gasteiger partial charge in [-0.05, 0) is 54.8 Å². The average Bonchev–Trinajstić information content (AvgIpc) is 2.24. The Morgan fingerprint density at radius 3 is 1.10 bits per heavy atom. The molecule has 0 heteroatoms. The van der Waals surface area contributed by atoms with Crippen LogP contribution in [0.2, 0.25) is 0 Å². The smallest absolute Gasteiger partial charge is 0.000404 e. The first kappa shape index (κ1) is 20.7. The summed E-state index contributed by atoms with van der Waals surface area (Å²) >= 11 is 0. The van der Waals surface area contributed by atoms with E-state index in [0.29, 0.717) is 35.0 Å². The second-order valence-corrected chi connectivity index (χ2v) is 8.82. The van der Waals surface area contributed by atoms with E-state index in [4.69, 9.17) is 0 Å². The van der Waals surface area contributed by atoms with Crippen LogP contribution in [0.5, 0.6) is 0 Å². The average molecular weight is 295 g/mol. The molecule has 0 fully saturated rings. The van der Waals surface area contributed by atoms with E-state index in [9.17, 15) is 0 Å². The minimum Gasteiger partial charge on any atom is -0.0764 e. The van der Waals surface area contributed by atoms with Crippen molar-refractivity contribution in [2.24, 2.45) is 40.9 Å². The second-order valence-electron chi connectivity index (χ2n) is 8.82. The molecule has 21 heavy (non-hydrogen) atoms. The van der Waals surface area contributed by atoms with Crippen molar-refractivity contribution < 1.29 is 0 Å². The molecule has 0 N–H and O–H groups in total. The molecule has 0 aromatic carbocycles. The molecule has 0 nitrogen and oxygen atoms in total. The van der Waals surface area contributed by atoms with Gasteiger partial charge in [0.2, 0.25) is 0 Å². The third-order valence-electron chi connectivity index (χ3n) is 5.48. The normalized spacial score (nSPS) is 13.4. The fourth-order valence-electron chi connectivity index (χ4n) is 5.62. The van der Waals surface area contributed by atoms with Crippen LogP contribution >= 0.6 is 0 Å². The Morgan fingerprint density at radius 1 is 0.619 bits per heavy atom. The van der Waals surface area contributed by atoms with Crippen LogP contribution in [0.4, 0.5) is 0 Å². The molecule has 0 aromatic rings. The van der Waals surface area contributed by atoms with Crippen LogP contribution in [0.25, 0.3) is 0 Å². The van der Waals surface area contributed by atoms with Gasteiger partial charge in [0.15, 0.2) is 0 Å². The van der Waals surface area contributed by atoms with Gasteiger partial charge in [0.25, 0.3) is 0 Å². The number of rotatable bonds is 7. The molecule has 0 aliphatic carbocycles. The topological polar surface area (TPSA) is 0 Å². The summed E-state index contributed by atoms with van der Waals surface area (Å²) in [6, 6.07) is 0. The van der Waals surface area contributed by atoms with Crippen LogP contribution in [0, 0.1) is 40.9 Å². The predicted molar refractivity (Wildman–Crippen MR) is 98.5 cm³/mol. The van der Waals surface area contributed by atoms with Gasteiger partial charge in [0.05, 0.1) is 0 Å². The monoisotopic (exact) mass is 294 g/mol. The Balaban J connectivity index is 6.57. The summed E-state index contributed by atoms with van der Waals surface area (Å²) in [4.78, 5) is 0. The molecule has 0 radical (unpaired) electrons. The Kier molecular flexibility index (Phi) is 7.74. The summed E-state index contributed by atoms with van der Waals surface area (Å²) in [6.45, 7) is 28.9. The summed E-state index contributed by atoms with van der Waals surface area (Å²) in [6.07, 6.45) is 0. The van der Waals surface area contributed by atoms with Gasteiger partial charge >= 0.3 is 0 Å². The van der Waals surface area contributed by atoms with Gasteiger partial charge in [-0.1, -0.05) is 80.4 Å². The van der Waals surface area contributed by atoms with Crippen LogP contribution in [0.1, 0.15) is 83.1 Å². The van der Waals surface area contributed by atoms with Gasteiger partial charge in [-0.3, -0.25) is 0 Å². The van der Waals surface area contributed by atoms with Crippen molar-refractivity contribution in [3.63, 3.8) is 0 Å². The standard InChI is InChI=1S/C21H42/c1-13(2)19(14(3)4)21(17(9)10,18(11)12)20(15(5)6)16(7)8/h13-15,17-19H,1-12H3. The molecule has 0 spiro atoms. The lowest BCUT2D eigenvalue weighted by molar-refractivity contribution is 0.00534. The highest BCUT2D eigenvalue weighted by atomic mass is 14.5. The van der Waals surface area contributed by atoms with Crippen molar-refractivity contribution >= 4 is 0 Å². The predicted octanol–water partition coefficient (Wildman–Crippen LogP) is 7.21. The molecule has 0 heterocycles. The van der Waals surface area contributed by atoms with E-state index in [2.05, 4.69) is 83.1 Å². The minimum absolute atomic E-state index is 0.301. The molecule has 0 unspecified atom stereocenters. The molecular formula is C21H42. The van der Waals surface area contributed by atoms with Crippen LogP contribution in [0.15, 0.2) is 11.1 Å². The zero-order valence-corrected chi connectivity index (χ0v) is 17.0. The molecule has 0 amide bonds. The third kappa shape index (κ3) is 3.93. The summed E-state index contributed by atoms with van der Waals surface area (Å²) in [7, 11) is 0. The molecule has 0 aliphatic heterocycles. The zero-order chi connectivity index (χ0) is 17.1. The van der Waals surface area contributed by atoms with Crippen LogP contribution in [0.3, 0.4) is 0 Å². The molecule has 0 saturated carbocycles. The maximum Gasteiger partial charge on any atom is -0.000404 e. The first-order valence-corrected chi connectivity index (χ1v) is 9.09. The Bertz CT molecular complexity index is 319. The van der Waals surface area contributed by atoms with E-state index >= 15 is 0 Å². The van der Waals surface area contributed by atoms with Gasteiger partial charge in [0, 0.05) is 0 Å². The van der Waals surface area contributed by atoms with Crippen LogP contribution < -0.4 is 0 Å². The van der Waals surface area contributed by atoms with E-state index in [0.717, 1.165) is 5.92 Å². The van der Waals surface area contributed by atoms with Gasteiger partial charge < -0.3 is 0 Å².